The SMILES string of the molecule is COC(=O)c1cc(OCCCCCl)c(OC)cc1[N+](=O)[O-]. The quantitative estimate of drug-likeness (QED) is 0.241. The zero-order valence-electron chi connectivity index (χ0n) is 11.8. The second-order valence-electron chi connectivity index (χ2n) is 4.01. The molecule has 21 heavy (non-hydrogen) atoms. The van der Waals surface area contributed by atoms with Crippen LogP contribution in [0.2, 0.25) is 0 Å². The van der Waals surface area contributed by atoms with Crippen molar-refractivity contribution in [3.05, 3.63) is 27.8 Å². The van der Waals surface area contributed by atoms with Crippen LogP contribution in [-0.2, 0) is 4.74 Å². The zero-order valence-corrected chi connectivity index (χ0v) is 12.5. The normalized spacial score (nSPS) is 10.0. The molecular formula is C13H16ClNO6. The molecule has 0 aliphatic rings. The van der Waals surface area contributed by atoms with E-state index in [2.05, 4.69) is 4.74 Å². The maximum absolute atomic E-state index is 11.6. The van der Waals surface area contributed by atoms with Crippen LogP contribution in [0.3, 0.4) is 0 Å². The Morgan fingerprint density at radius 2 is 2.00 bits per heavy atom. The Balaban J connectivity index is 3.11. The van der Waals surface area contributed by atoms with Crippen LogP contribution in [0.1, 0.15) is 23.2 Å². The Morgan fingerprint density at radius 3 is 2.52 bits per heavy atom. The van der Waals surface area contributed by atoms with Gasteiger partial charge in [-0.3, -0.25) is 10.1 Å². The molecule has 7 nitrogen and oxygen atoms in total. The van der Waals surface area contributed by atoms with Gasteiger partial charge in [-0.15, -0.1) is 11.6 Å². The number of benzene rings is 1. The highest BCUT2D eigenvalue weighted by atomic mass is 35.5. The van der Waals surface area contributed by atoms with Gasteiger partial charge in [0.25, 0.3) is 5.69 Å². The Morgan fingerprint density at radius 1 is 1.29 bits per heavy atom. The van der Waals surface area contributed by atoms with Crippen LogP contribution in [0.25, 0.3) is 0 Å². The minimum atomic E-state index is -0.810. The second-order valence-corrected chi connectivity index (χ2v) is 4.39. The van der Waals surface area contributed by atoms with Gasteiger partial charge in [-0.1, -0.05) is 0 Å². The minimum Gasteiger partial charge on any atom is -0.493 e. The van der Waals surface area contributed by atoms with Gasteiger partial charge in [0.05, 0.1) is 31.8 Å². The molecule has 0 saturated carbocycles. The first-order valence-electron chi connectivity index (χ1n) is 6.18. The first kappa shape index (κ1) is 17.0. The second kappa shape index (κ2) is 8.31. The van der Waals surface area contributed by atoms with E-state index in [0.717, 1.165) is 26.0 Å². The molecule has 0 amide bonds. The molecule has 0 spiro atoms. The van der Waals surface area contributed by atoms with Gasteiger partial charge >= 0.3 is 5.97 Å². The number of halogens is 1. The van der Waals surface area contributed by atoms with Crippen molar-refractivity contribution < 1.29 is 23.9 Å². The van der Waals surface area contributed by atoms with Gasteiger partial charge in [0.1, 0.15) is 5.56 Å². The summed E-state index contributed by atoms with van der Waals surface area (Å²) in [6.07, 6.45) is 1.50. The molecule has 116 valence electrons. The van der Waals surface area contributed by atoms with Crippen LogP contribution in [0.4, 0.5) is 5.69 Å². The van der Waals surface area contributed by atoms with Crippen LogP contribution >= 0.6 is 11.6 Å². The Hall–Kier alpha value is -2.02. The lowest BCUT2D eigenvalue weighted by molar-refractivity contribution is -0.385. The lowest BCUT2D eigenvalue weighted by atomic mass is 10.1. The number of rotatable bonds is 8. The molecule has 0 saturated heterocycles. The van der Waals surface area contributed by atoms with Crippen molar-refractivity contribution in [3.8, 4) is 11.5 Å². The molecule has 0 fully saturated rings. The van der Waals surface area contributed by atoms with Gasteiger partial charge in [0.15, 0.2) is 11.5 Å². The van der Waals surface area contributed by atoms with Gasteiger partial charge in [-0.05, 0) is 12.8 Å². The Kier molecular flexibility index (Phi) is 6.74. The van der Waals surface area contributed by atoms with Crippen molar-refractivity contribution in [2.75, 3.05) is 26.7 Å². The third-order valence-electron chi connectivity index (χ3n) is 2.67. The van der Waals surface area contributed by atoms with E-state index in [1.807, 2.05) is 0 Å². The summed E-state index contributed by atoms with van der Waals surface area (Å²) in [6, 6.07) is 2.40. The predicted octanol–water partition coefficient (Wildman–Crippen LogP) is 2.79. The fourth-order valence-corrected chi connectivity index (χ4v) is 1.81. The van der Waals surface area contributed by atoms with Crippen molar-refractivity contribution in [3.63, 3.8) is 0 Å². The number of ether oxygens (including phenoxy) is 3. The van der Waals surface area contributed by atoms with E-state index >= 15 is 0 Å². The van der Waals surface area contributed by atoms with Crippen molar-refractivity contribution in [1.29, 1.82) is 0 Å². The van der Waals surface area contributed by atoms with Crippen LogP contribution < -0.4 is 9.47 Å². The smallest absolute Gasteiger partial charge is 0.345 e. The number of nitro benzene ring substituents is 1. The van der Waals surface area contributed by atoms with Crippen molar-refractivity contribution in [1.82, 2.24) is 0 Å². The van der Waals surface area contributed by atoms with Gasteiger partial charge in [-0.2, -0.15) is 0 Å². The summed E-state index contributed by atoms with van der Waals surface area (Å²) < 4.78 is 15.1. The average molecular weight is 318 g/mol. The van der Waals surface area contributed by atoms with E-state index in [1.165, 1.54) is 13.2 Å². The molecule has 0 aliphatic carbocycles. The van der Waals surface area contributed by atoms with Gasteiger partial charge in [-0.25, -0.2) is 4.79 Å². The first-order valence-corrected chi connectivity index (χ1v) is 6.72. The van der Waals surface area contributed by atoms with E-state index < -0.39 is 16.6 Å². The zero-order chi connectivity index (χ0) is 15.8. The molecule has 0 heterocycles. The number of nitrogens with zero attached hydrogens (tertiary/aromatic N) is 1. The largest absolute Gasteiger partial charge is 0.493 e. The fraction of sp³-hybridized carbons (Fsp3) is 0.462. The molecule has 1 aromatic rings. The van der Waals surface area contributed by atoms with Gasteiger partial charge in [0.2, 0.25) is 0 Å². The Labute approximate surface area is 126 Å². The number of esters is 1. The Bertz CT molecular complexity index is 520. The maximum atomic E-state index is 11.6. The van der Waals surface area contributed by atoms with E-state index in [0.29, 0.717) is 12.5 Å². The molecule has 0 aliphatic heterocycles. The molecule has 0 radical (unpaired) electrons. The summed E-state index contributed by atoms with van der Waals surface area (Å²) >= 11 is 5.57. The fourth-order valence-electron chi connectivity index (χ4n) is 1.62. The van der Waals surface area contributed by atoms with E-state index in [9.17, 15) is 14.9 Å². The predicted molar refractivity (Wildman–Crippen MR) is 76.4 cm³/mol. The lowest BCUT2D eigenvalue weighted by Crippen LogP contribution is -2.08. The highest BCUT2D eigenvalue weighted by Crippen LogP contribution is 2.35. The van der Waals surface area contributed by atoms with Crippen molar-refractivity contribution in [2.45, 2.75) is 12.8 Å². The summed E-state index contributed by atoms with van der Waals surface area (Å²) in [5.41, 5.74) is -0.581. The lowest BCUT2D eigenvalue weighted by Gasteiger charge is -2.12. The highest BCUT2D eigenvalue weighted by molar-refractivity contribution is 6.17. The molecule has 1 aromatic carbocycles. The van der Waals surface area contributed by atoms with Gasteiger partial charge in [0, 0.05) is 11.9 Å². The van der Waals surface area contributed by atoms with Crippen molar-refractivity contribution >= 4 is 23.3 Å². The van der Waals surface area contributed by atoms with Gasteiger partial charge < -0.3 is 14.2 Å². The topological polar surface area (TPSA) is 87.9 Å². The highest BCUT2D eigenvalue weighted by Gasteiger charge is 2.25. The molecule has 1 rings (SSSR count). The number of alkyl halides is 1. The summed E-state index contributed by atoms with van der Waals surface area (Å²) in [6.45, 7) is 0.363. The molecule has 0 aromatic heterocycles. The summed E-state index contributed by atoms with van der Waals surface area (Å²) in [5.74, 6) is 0.141. The van der Waals surface area contributed by atoms with Crippen LogP contribution in [-0.4, -0.2) is 37.6 Å². The number of unbranched alkanes of at least 4 members (excludes halogenated alkanes) is 1. The third kappa shape index (κ3) is 4.49. The standard InChI is InChI=1S/C13H16ClNO6/c1-19-11-8-10(15(17)18)9(13(16)20-2)7-12(11)21-6-4-3-5-14/h7-8H,3-6H2,1-2H3. The summed E-state index contributed by atoms with van der Waals surface area (Å²) in [5, 5.41) is 11.0. The van der Waals surface area contributed by atoms with Crippen LogP contribution in [0.15, 0.2) is 12.1 Å². The van der Waals surface area contributed by atoms with Crippen molar-refractivity contribution in [2.24, 2.45) is 0 Å². The monoisotopic (exact) mass is 317 g/mol. The molecular weight excluding hydrogens is 302 g/mol. The van der Waals surface area contributed by atoms with E-state index in [-0.39, 0.29) is 17.1 Å². The van der Waals surface area contributed by atoms with Crippen LogP contribution in [0.5, 0.6) is 11.5 Å². The number of carbonyl (C=O) groups excluding carboxylic acids is 1. The number of hydrogen-bond donors (Lipinski definition) is 0. The van der Waals surface area contributed by atoms with Crippen LogP contribution in [0, 0.1) is 10.1 Å². The third-order valence-corrected chi connectivity index (χ3v) is 2.94. The molecule has 0 N–H and O–H groups in total. The minimum absolute atomic E-state index is 0.181. The number of hydrogen-bond acceptors (Lipinski definition) is 6. The molecule has 0 unspecified atom stereocenters. The number of carbonyl (C=O) groups is 1. The number of nitro groups is 1. The summed E-state index contributed by atoms with van der Waals surface area (Å²) in [4.78, 5) is 22.0. The van der Waals surface area contributed by atoms with E-state index in [4.69, 9.17) is 21.1 Å². The molecule has 8 heteroatoms. The number of methoxy groups -OCH3 is 2. The average Bonchev–Trinajstić information content (AvgIpc) is 2.49. The summed E-state index contributed by atoms with van der Waals surface area (Å²) in [7, 11) is 2.51. The molecule has 0 atom stereocenters. The van der Waals surface area contributed by atoms with E-state index in [1.54, 1.807) is 0 Å². The first-order chi connectivity index (χ1) is 10.0. The maximum Gasteiger partial charge on any atom is 0.345 e. The molecule has 0 bridgehead atoms.